The van der Waals surface area contributed by atoms with E-state index in [0.717, 1.165) is 22.5 Å². The largest absolute Gasteiger partial charge is 0.462 e. The molecule has 0 aliphatic rings. The second-order valence-corrected chi connectivity index (χ2v) is 7.44. The van der Waals surface area contributed by atoms with Crippen LogP contribution in [0.25, 0.3) is 22.5 Å². The molecule has 6 nitrogen and oxygen atoms in total. The first-order chi connectivity index (χ1) is 16.6. The fraction of sp³-hybridized carbons (Fsp3) is 0.143. The van der Waals surface area contributed by atoms with E-state index >= 15 is 0 Å². The quantitative estimate of drug-likeness (QED) is 0.241. The van der Waals surface area contributed by atoms with Gasteiger partial charge in [-0.3, -0.25) is 0 Å². The Bertz CT molecular complexity index is 1160. The van der Waals surface area contributed by atoms with Crippen LogP contribution < -0.4 is 9.13 Å². The molecule has 2 heterocycles. The summed E-state index contributed by atoms with van der Waals surface area (Å²) in [5, 5.41) is 0. The molecular weight excluding hydrogens is 428 g/mol. The molecule has 0 saturated carbocycles. The Morgan fingerprint density at radius 2 is 1.15 bits per heavy atom. The molecule has 0 radical (unpaired) electrons. The molecule has 4 rings (SSSR count). The van der Waals surface area contributed by atoms with Gasteiger partial charge in [0.2, 0.25) is 11.4 Å². The lowest BCUT2D eigenvalue weighted by Crippen LogP contribution is -2.30. The number of carbonyl (C=O) groups excluding carboxylic acids is 2. The summed E-state index contributed by atoms with van der Waals surface area (Å²) >= 11 is 0. The van der Waals surface area contributed by atoms with Gasteiger partial charge in [0.15, 0.2) is 12.4 Å². The van der Waals surface area contributed by atoms with Crippen LogP contribution in [0.3, 0.4) is 0 Å². The van der Waals surface area contributed by atoms with E-state index in [-0.39, 0.29) is 11.9 Å². The molecule has 0 bridgehead atoms. The second kappa shape index (κ2) is 10.5. The molecule has 0 unspecified atom stereocenters. The third kappa shape index (κ3) is 5.18. The van der Waals surface area contributed by atoms with Crippen LogP contribution in [0.5, 0.6) is 0 Å². The Balaban J connectivity index is 1.46. The van der Waals surface area contributed by atoms with Crippen molar-refractivity contribution in [3.05, 3.63) is 109 Å². The zero-order chi connectivity index (χ0) is 23.9. The van der Waals surface area contributed by atoms with Crippen molar-refractivity contribution in [2.45, 2.75) is 13.8 Å². The maximum atomic E-state index is 11.8. The van der Waals surface area contributed by atoms with Crippen molar-refractivity contribution in [3.8, 4) is 22.5 Å². The van der Waals surface area contributed by atoms with Gasteiger partial charge in [-0.2, -0.15) is 14.7 Å². The van der Waals surface area contributed by atoms with Crippen LogP contribution >= 0.6 is 0 Å². The predicted octanol–water partition coefficient (Wildman–Crippen LogP) is 4.06. The molecule has 170 valence electrons. The molecule has 2 aromatic heterocycles. The van der Waals surface area contributed by atoms with Gasteiger partial charge in [-0.25, -0.2) is 9.59 Å². The van der Waals surface area contributed by atoms with Gasteiger partial charge in [-0.15, -0.1) is 11.6 Å². The van der Waals surface area contributed by atoms with Crippen molar-refractivity contribution in [2.75, 3.05) is 13.2 Å². The van der Waals surface area contributed by atoms with E-state index in [1.54, 1.807) is 38.1 Å². The highest BCUT2D eigenvalue weighted by atomic mass is 16.5. The van der Waals surface area contributed by atoms with Crippen LogP contribution in [0, 0.1) is 6.07 Å². The molecule has 0 fully saturated rings. The molecule has 6 heteroatoms. The monoisotopic (exact) mass is 453 g/mol. The summed E-state index contributed by atoms with van der Waals surface area (Å²) in [4.78, 5) is 23.6. The van der Waals surface area contributed by atoms with Crippen LogP contribution in [-0.4, -0.2) is 25.2 Å². The lowest BCUT2D eigenvalue weighted by molar-refractivity contribution is -0.596. The van der Waals surface area contributed by atoms with Gasteiger partial charge < -0.3 is 9.47 Å². The molecule has 0 amide bonds. The van der Waals surface area contributed by atoms with Crippen LogP contribution in [0.2, 0.25) is 0 Å². The number of pyridine rings is 2. The smallest absolute Gasteiger partial charge is 0.338 e. The van der Waals surface area contributed by atoms with Crippen molar-refractivity contribution in [1.82, 2.24) is 0 Å². The van der Waals surface area contributed by atoms with Crippen molar-refractivity contribution in [2.24, 2.45) is 0 Å². The second-order valence-electron chi connectivity index (χ2n) is 7.44. The number of nitrogens with zero attached hydrogens (tertiary/aromatic N) is 2. The summed E-state index contributed by atoms with van der Waals surface area (Å²) in [6.07, 6.45) is 7.76. The van der Waals surface area contributed by atoms with Gasteiger partial charge in [0, 0.05) is 24.3 Å². The van der Waals surface area contributed by atoms with Crippen LogP contribution in [0.1, 0.15) is 34.6 Å². The van der Waals surface area contributed by atoms with Crippen molar-refractivity contribution >= 4 is 11.9 Å². The van der Waals surface area contributed by atoms with E-state index in [2.05, 4.69) is 6.07 Å². The number of esters is 2. The summed E-state index contributed by atoms with van der Waals surface area (Å²) in [6, 6.07) is 23.9. The minimum Gasteiger partial charge on any atom is -0.462 e. The number of benzene rings is 2. The van der Waals surface area contributed by atoms with Crippen LogP contribution in [-0.2, 0) is 9.47 Å². The fourth-order valence-corrected chi connectivity index (χ4v) is 3.47. The van der Waals surface area contributed by atoms with E-state index < -0.39 is 0 Å². The minimum absolute atomic E-state index is 0.318. The summed E-state index contributed by atoms with van der Waals surface area (Å²) in [6.45, 7) is 4.29. The molecular formula is C28H25N2O4+. The van der Waals surface area contributed by atoms with E-state index in [9.17, 15) is 9.59 Å². The Hall–Kier alpha value is -4.32. The average molecular weight is 454 g/mol. The summed E-state index contributed by atoms with van der Waals surface area (Å²) in [5.74, 6) is -0.640. The first-order valence-corrected chi connectivity index (χ1v) is 11.1. The van der Waals surface area contributed by atoms with Crippen LogP contribution in [0.15, 0.2) is 91.5 Å². The van der Waals surface area contributed by atoms with E-state index in [1.165, 1.54) is 0 Å². The first-order valence-electron chi connectivity index (χ1n) is 11.1. The number of ether oxygens (including phenoxy) is 2. The molecule has 2 aromatic carbocycles. The first kappa shape index (κ1) is 22.9. The Morgan fingerprint density at radius 1 is 0.676 bits per heavy atom. The molecule has 0 aliphatic carbocycles. The summed E-state index contributed by atoms with van der Waals surface area (Å²) in [5.41, 5.74) is 4.92. The fourth-order valence-electron chi connectivity index (χ4n) is 3.47. The molecule has 34 heavy (non-hydrogen) atoms. The molecule has 4 aromatic rings. The normalized spacial score (nSPS) is 10.5. The number of aromatic nitrogens is 2. The molecule has 0 spiro atoms. The zero-order valence-electron chi connectivity index (χ0n) is 19.1. The molecule has 0 N–H and O–H groups in total. The topological polar surface area (TPSA) is 60.4 Å². The van der Waals surface area contributed by atoms with Crippen molar-refractivity contribution in [1.29, 1.82) is 0 Å². The Kier molecular flexibility index (Phi) is 7.08. The maximum Gasteiger partial charge on any atom is 0.338 e. The van der Waals surface area contributed by atoms with Gasteiger partial charge in [0.25, 0.3) is 0 Å². The Labute approximate surface area is 198 Å². The van der Waals surface area contributed by atoms with Crippen LogP contribution in [0.4, 0.5) is 0 Å². The molecule has 0 aliphatic heterocycles. The molecule has 0 atom stereocenters. The van der Waals surface area contributed by atoms with E-state index in [1.807, 2.05) is 76.4 Å². The lowest BCUT2D eigenvalue weighted by Gasteiger charge is -2.09. The highest BCUT2D eigenvalue weighted by Gasteiger charge is 2.11. The van der Waals surface area contributed by atoms with Crippen molar-refractivity contribution < 1.29 is 28.2 Å². The predicted molar refractivity (Wildman–Crippen MR) is 126 cm³/mol. The summed E-state index contributed by atoms with van der Waals surface area (Å²) in [7, 11) is 0. The Morgan fingerprint density at radius 3 is 1.59 bits per heavy atom. The standard InChI is InChI=1S/C28H25N2O4/c1-3-33-27(31)23-5-9-25(10-6-23)29-17-13-21(14-18-29)22-15-19-30(20-16-22)26-11-7-24(8-12-26)28(32)34-4-2/h5-15,17-20H,3-4H2,1-2H3/q+1. The highest BCUT2D eigenvalue weighted by Crippen LogP contribution is 2.16. The van der Waals surface area contributed by atoms with E-state index in [4.69, 9.17) is 9.47 Å². The van der Waals surface area contributed by atoms with Gasteiger partial charge in [0.05, 0.1) is 24.3 Å². The SMILES string of the molecule is CCOC(=O)c1ccc(-[n+]2c[c-]c(-c3cc[n+](-c4ccc(C(=O)OCC)cc4)cc3)cc2)cc1. The minimum atomic E-state index is -0.322. The lowest BCUT2D eigenvalue weighted by atomic mass is 10.1. The van der Waals surface area contributed by atoms with Gasteiger partial charge in [-0.05, 0) is 50.2 Å². The number of hydrogen-bond donors (Lipinski definition) is 0. The third-order valence-corrected chi connectivity index (χ3v) is 5.25. The van der Waals surface area contributed by atoms with Gasteiger partial charge >= 0.3 is 11.9 Å². The number of hydrogen-bond acceptors (Lipinski definition) is 4. The van der Waals surface area contributed by atoms with Gasteiger partial charge in [-0.1, -0.05) is 6.07 Å². The third-order valence-electron chi connectivity index (χ3n) is 5.25. The zero-order valence-corrected chi connectivity index (χ0v) is 19.1. The molecule has 0 saturated heterocycles. The number of rotatable bonds is 7. The average Bonchev–Trinajstić information content (AvgIpc) is 2.89. The number of carbonyl (C=O) groups is 2. The van der Waals surface area contributed by atoms with Gasteiger partial charge in [0.1, 0.15) is 12.4 Å². The highest BCUT2D eigenvalue weighted by molar-refractivity contribution is 5.90. The van der Waals surface area contributed by atoms with E-state index in [0.29, 0.717) is 24.3 Å². The maximum absolute atomic E-state index is 11.8. The summed E-state index contributed by atoms with van der Waals surface area (Å²) < 4.78 is 14.0. The van der Waals surface area contributed by atoms with Crippen molar-refractivity contribution in [3.63, 3.8) is 0 Å².